The number of carboxylic acids is 1. The number of ether oxygens (including phenoxy) is 1. The van der Waals surface area contributed by atoms with Crippen LogP contribution in [0.4, 0.5) is 0 Å². The summed E-state index contributed by atoms with van der Waals surface area (Å²) < 4.78 is 4.59. The van der Waals surface area contributed by atoms with Crippen molar-refractivity contribution in [3.05, 3.63) is 35.4 Å². The summed E-state index contributed by atoms with van der Waals surface area (Å²) in [7, 11) is 1.21. The van der Waals surface area contributed by atoms with Gasteiger partial charge in [0.25, 0.3) is 5.91 Å². The number of carbonyl (C=O) groups is 3. The van der Waals surface area contributed by atoms with Crippen LogP contribution < -0.4 is 5.32 Å². The molecular weight excluding hydrogens is 262 g/mol. The van der Waals surface area contributed by atoms with Crippen molar-refractivity contribution >= 4 is 17.8 Å². The molecule has 0 aliphatic carbocycles. The van der Waals surface area contributed by atoms with E-state index in [1.54, 1.807) is 26.0 Å². The number of rotatable bonds is 5. The van der Waals surface area contributed by atoms with E-state index in [9.17, 15) is 14.4 Å². The fourth-order valence-corrected chi connectivity index (χ4v) is 1.70. The Kier molecular flexibility index (Phi) is 5.25. The molecule has 0 saturated carbocycles. The second-order valence-corrected chi connectivity index (χ2v) is 4.57. The summed E-state index contributed by atoms with van der Waals surface area (Å²) in [5, 5.41) is 11.5. The number of amides is 1. The van der Waals surface area contributed by atoms with E-state index in [0.717, 1.165) is 0 Å². The van der Waals surface area contributed by atoms with E-state index in [0.29, 0.717) is 0 Å². The minimum Gasteiger partial charge on any atom is -0.480 e. The number of carbonyl (C=O) groups excluding carboxylic acids is 2. The van der Waals surface area contributed by atoms with E-state index in [-0.39, 0.29) is 17.0 Å². The zero-order valence-corrected chi connectivity index (χ0v) is 11.5. The summed E-state index contributed by atoms with van der Waals surface area (Å²) in [6.45, 7) is 3.37. The molecule has 2 N–H and O–H groups in total. The number of carboxylic acid groups (broad SMARTS) is 1. The molecule has 1 atom stereocenters. The average Bonchev–Trinajstić information content (AvgIpc) is 2.42. The highest BCUT2D eigenvalue weighted by Crippen LogP contribution is 2.11. The number of nitrogens with one attached hydrogen (secondary N) is 1. The van der Waals surface area contributed by atoms with Crippen molar-refractivity contribution in [2.45, 2.75) is 19.9 Å². The lowest BCUT2D eigenvalue weighted by atomic mass is 10.0. The van der Waals surface area contributed by atoms with Crippen LogP contribution in [0.2, 0.25) is 0 Å². The van der Waals surface area contributed by atoms with Gasteiger partial charge in [-0.15, -0.1) is 0 Å². The Morgan fingerprint density at radius 1 is 1.15 bits per heavy atom. The SMILES string of the molecule is COC(=O)c1ccccc1C(=O)NC(C(=O)O)C(C)C. The van der Waals surface area contributed by atoms with E-state index in [2.05, 4.69) is 10.1 Å². The van der Waals surface area contributed by atoms with E-state index < -0.39 is 23.9 Å². The molecule has 0 aliphatic heterocycles. The fourth-order valence-electron chi connectivity index (χ4n) is 1.70. The minimum atomic E-state index is -1.12. The highest BCUT2D eigenvalue weighted by Gasteiger charge is 2.26. The molecule has 20 heavy (non-hydrogen) atoms. The van der Waals surface area contributed by atoms with Crippen molar-refractivity contribution in [1.82, 2.24) is 5.32 Å². The van der Waals surface area contributed by atoms with Crippen molar-refractivity contribution < 1.29 is 24.2 Å². The van der Waals surface area contributed by atoms with Crippen LogP contribution in [0.1, 0.15) is 34.6 Å². The molecule has 1 aromatic carbocycles. The molecule has 6 nitrogen and oxygen atoms in total. The van der Waals surface area contributed by atoms with Gasteiger partial charge in [0.15, 0.2) is 0 Å². The molecule has 1 aromatic rings. The van der Waals surface area contributed by atoms with Crippen LogP contribution in [0.25, 0.3) is 0 Å². The van der Waals surface area contributed by atoms with E-state index in [1.165, 1.54) is 19.2 Å². The number of methoxy groups -OCH3 is 1. The molecule has 0 heterocycles. The summed E-state index contributed by atoms with van der Waals surface area (Å²) in [4.78, 5) is 34.8. The first-order chi connectivity index (χ1) is 9.38. The van der Waals surface area contributed by atoms with E-state index in [1.807, 2.05) is 0 Å². The third-order valence-corrected chi connectivity index (χ3v) is 2.80. The van der Waals surface area contributed by atoms with Gasteiger partial charge in [0.2, 0.25) is 0 Å². The van der Waals surface area contributed by atoms with Gasteiger partial charge in [-0.1, -0.05) is 26.0 Å². The molecule has 1 rings (SSSR count). The standard InChI is InChI=1S/C14H17NO5/c1-8(2)11(13(17)18)15-12(16)9-6-4-5-7-10(9)14(19)20-3/h4-8,11H,1-3H3,(H,15,16)(H,17,18). The van der Waals surface area contributed by atoms with Crippen LogP contribution in [0, 0.1) is 5.92 Å². The number of aliphatic carboxylic acids is 1. The second kappa shape index (κ2) is 6.70. The maximum Gasteiger partial charge on any atom is 0.338 e. The first kappa shape index (κ1) is 15.7. The molecule has 0 aliphatic rings. The van der Waals surface area contributed by atoms with Crippen LogP contribution >= 0.6 is 0 Å². The third-order valence-electron chi connectivity index (χ3n) is 2.80. The van der Waals surface area contributed by atoms with Crippen LogP contribution in [-0.4, -0.2) is 36.1 Å². The van der Waals surface area contributed by atoms with Gasteiger partial charge in [0.1, 0.15) is 6.04 Å². The highest BCUT2D eigenvalue weighted by molar-refractivity contribution is 6.06. The lowest BCUT2D eigenvalue weighted by Gasteiger charge is -2.18. The van der Waals surface area contributed by atoms with Gasteiger partial charge < -0.3 is 15.2 Å². The Morgan fingerprint density at radius 3 is 2.15 bits per heavy atom. The molecule has 1 unspecified atom stereocenters. The molecule has 0 radical (unpaired) electrons. The van der Waals surface area contributed by atoms with Crippen LogP contribution in [-0.2, 0) is 9.53 Å². The molecular formula is C14H17NO5. The maximum absolute atomic E-state index is 12.1. The lowest BCUT2D eigenvalue weighted by molar-refractivity contribution is -0.140. The van der Waals surface area contributed by atoms with Crippen molar-refractivity contribution in [1.29, 1.82) is 0 Å². The van der Waals surface area contributed by atoms with Gasteiger partial charge in [-0.25, -0.2) is 9.59 Å². The first-order valence-electron chi connectivity index (χ1n) is 6.09. The number of esters is 1. The van der Waals surface area contributed by atoms with Crippen molar-refractivity contribution in [2.75, 3.05) is 7.11 Å². The van der Waals surface area contributed by atoms with Gasteiger partial charge in [0.05, 0.1) is 18.2 Å². The molecule has 0 fully saturated rings. The van der Waals surface area contributed by atoms with Gasteiger partial charge in [-0.2, -0.15) is 0 Å². The lowest BCUT2D eigenvalue weighted by Crippen LogP contribution is -2.44. The number of hydrogen-bond donors (Lipinski definition) is 2. The Hall–Kier alpha value is -2.37. The van der Waals surface area contributed by atoms with Gasteiger partial charge in [-0.3, -0.25) is 4.79 Å². The molecule has 0 saturated heterocycles. The normalized spacial score (nSPS) is 11.8. The van der Waals surface area contributed by atoms with E-state index >= 15 is 0 Å². The van der Waals surface area contributed by atoms with Crippen molar-refractivity contribution in [2.24, 2.45) is 5.92 Å². The Balaban J connectivity index is 3.04. The summed E-state index contributed by atoms with van der Waals surface area (Å²) in [6, 6.07) is 5.06. The van der Waals surface area contributed by atoms with Crippen LogP contribution in [0.5, 0.6) is 0 Å². The zero-order chi connectivity index (χ0) is 15.3. The van der Waals surface area contributed by atoms with Crippen molar-refractivity contribution in [3.63, 3.8) is 0 Å². The summed E-state index contributed by atoms with van der Waals surface area (Å²) in [5.74, 6) is -2.66. The first-order valence-corrected chi connectivity index (χ1v) is 6.09. The van der Waals surface area contributed by atoms with Crippen LogP contribution in [0.3, 0.4) is 0 Å². The molecule has 0 spiro atoms. The second-order valence-electron chi connectivity index (χ2n) is 4.57. The summed E-state index contributed by atoms with van der Waals surface area (Å²) >= 11 is 0. The largest absolute Gasteiger partial charge is 0.480 e. The van der Waals surface area contributed by atoms with Crippen LogP contribution in [0.15, 0.2) is 24.3 Å². The molecule has 108 valence electrons. The summed E-state index contributed by atoms with van der Waals surface area (Å²) in [5.41, 5.74) is 0.187. The molecule has 0 aromatic heterocycles. The summed E-state index contributed by atoms with van der Waals surface area (Å²) in [6.07, 6.45) is 0. The van der Waals surface area contributed by atoms with Gasteiger partial charge in [-0.05, 0) is 18.1 Å². The Labute approximate surface area is 116 Å². The predicted molar refractivity (Wildman–Crippen MR) is 71.5 cm³/mol. The fraction of sp³-hybridized carbons (Fsp3) is 0.357. The predicted octanol–water partition coefficient (Wildman–Crippen LogP) is 1.31. The third kappa shape index (κ3) is 3.57. The van der Waals surface area contributed by atoms with Gasteiger partial charge in [0, 0.05) is 0 Å². The zero-order valence-electron chi connectivity index (χ0n) is 11.5. The average molecular weight is 279 g/mol. The Morgan fingerprint density at radius 2 is 1.70 bits per heavy atom. The number of hydrogen-bond acceptors (Lipinski definition) is 4. The quantitative estimate of drug-likeness (QED) is 0.793. The highest BCUT2D eigenvalue weighted by atomic mass is 16.5. The topological polar surface area (TPSA) is 92.7 Å². The molecule has 0 bridgehead atoms. The van der Waals surface area contributed by atoms with E-state index in [4.69, 9.17) is 5.11 Å². The monoisotopic (exact) mass is 279 g/mol. The Bertz CT molecular complexity index is 524. The molecule has 1 amide bonds. The number of benzene rings is 1. The molecule has 6 heteroatoms. The van der Waals surface area contributed by atoms with Gasteiger partial charge >= 0.3 is 11.9 Å². The minimum absolute atomic E-state index is 0.0891. The maximum atomic E-state index is 12.1. The smallest absolute Gasteiger partial charge is 0.338 e. The van der Waals surface area contributed by atoms with Crippen molar-refractivity contribution in [3.8, 4) is 0 Å².